The average molecular weight is 180 g/mol. The van der Waals surface area contributed by atoms with Gasteiger partial charge in [-0.05, 0) is 12.8 Å². The lowest BCUT2D eigenvalue weighted by Crippen LogP contribution is -2.01. The van der Waals surface area contributed by atoms with Crippen molar-refractivity contribution in [3.8, 4) is 0 Å². The minimum absolute atomic E-state index is 0.486. The molecule has 0 saturated carbocycles. The second-order valence-electron chi connectivity index (χ2n) is 2.54. The van der Waals surface area contributed by atoms with Gasteiger partial charge in [-0.2, -0.15) is 0 Å². The molecule has 12 heavy (non-hydrogen) atoms. The molecule has 76 valence electrons. The monoisotopic (exact) mass is 180 g/mol. The topological polar surface area (TPSA) is 80.9 Å². The van der Waals surface area contributed by atoms with E-state index in [0.717, 1.165) is 12.8 Å². The quantitative estimate of drug-likeness (QED) is 0.466. The van der Waals surface area contributed by atoms with Crippen LogP contribution in [0.4, 0.5) is 0 Å². The van der Waals surface area contributed by atoms with Crippen LogP contribution in [0.15, 0.2) is 0 Å². The molecule has 4 heteroatoms. The molecule has 0 aliphatic rings. The summed E-state index contributed by atoms with van der Waals surface area (Å²) < 4.78 is 0. The molecule has 0 radical (unpaired) electrons. The van der Waals surface area contributed by atoms with Crippen molar-refractivity contribution < 1.29 is 20.4 Å². The second-order valence-corrected chi connectivity index (χ2v) is 2.54. The Bertz CT molecular complexity index is 63.5. The van der Waals surface area contributed by atoms with E-state index in [4.69, 9.17) is 20.4 Å². The summed E-state index contributed by atoms with van der Waals surface area (Å²) in [6.45, 7) is 3.80. The Morgan fingerprint density at radius 1 is 0.750 bits per heavy atom. The van der Waals surface area contributed by atoms with Crippen LogP contribution in [0.25, 0.3) is 0 Å². The van der Waals surface area contributed by atoms with Gasteiger partial charge < -0.3 is 20.4 Å². The Morgan fingerprint density at radius 2 is 1.00 bits per heavy atom. The van der Waals surface area contributed by atoms with E-state index in [1.54, 1.807) is 0 Å². The molecule has 0 spiro atoms. The number of rotatable bonds is 4. The van der Waals surface area contributed by atoms with Gasteiger partial charge in [-0.1, -0.05) is 26.7 Å². The first-order chi connectivity index (χ1) is 5.54. The number of hydrogen-bond acceptors (Lipinski definition) is 4. The lowest BCUT2D eigenvalue weighted by atomic mass is 10.3. The van der Waals surface area contributed by atoms with E-state index >= 15 is 0 Å². The minimum atomic E-state index is -1.10. The van der Waals surface area contributed by atoms with Crippen LogP contribution in [-0.4, -0.2) is 33.0 Å². The second kappa shape index (κ2) is 10.8. The molecule has 0 unspecified atom stereocenters. The van der Waals surface area contributed by atoms with Crippen LogP contribution in [0.5, 0.6) is 0 Å². The van der Waals surface area contributed by atoms with Gasteiger partial charge in [0, 0.05) is 0 Å². The van der Waals surface area contributed by atoms with Crippen LogP contribution in [0.2, 0.25) is 0 Å². The molecule has 0 aromatic heterocycles. The molecule has 0 aliphatic heterocycles. The summed E-state index contributed by atoms with van der Waals surface area (Å²) in [4.78, 5) is 0. The molecule has 0 heterocycles. The molecule has 0 rings (SSSR count). The Labute approximate surface area is 73.5 Å². The lowest BCUT2D eigenvalue weighted by molar-refractivity contribution is -0.0460. The first kappa shape index (κ1) is 14.4. The van der Waals surface area contributed by atoms with Gasteiger partial charge in [0.2, 0.25) is 0 Å². The fourth-order valence-corrected chi connectivity index (χ4v) is 0.516. The summed E-state index contributed by atoms with van der Waals surface area (Å²) in [6.07, 6.45) is 0.431. The standard InChI is InChI=1S/2C4H10O2/c2*1-2-3-4(5)6/h2*4-6H,2-3H2,1H3. The maximum absolute atomic E-state index is 8.11. The smallest absolute Gasteiger partial charge is 0.151 e. The third-order valence-corrected chi connectivity index (χ3v) is 1.09. The highest BCUT2D eigenvalue weighted by atomic mass is 16.5. The molecule has 0 aliphatic carbocycles. The number of aliphatic hydroxyl groups excluding tert-OH is 2. The van der Waals surface area contributed by atoms with Gasteiger partial charge in [0.1, 0.15) is 0 Å². The molecule has 0 saturated heterocycles. The van der Waals surface area contributed by atoms with Crippen LogP contribution in [-0.2, 0) is 0 Å². The highest BCUT2D eigenvalue weighted by Gasteiger charge is 1.89. The first-order valence-corrected chi connectivity index (χ1v) is 4.26. The fraction of sp³-hybridized carbons (Fsp3) is 1.00. The van der Waals surface area contributed by atoms with E-state index in [0.29, 0.717) is 12.8 Å². The molecule has 0 amide bonds. The summed E-state index contributed by atoms with van der Waals surface area (Å²) in [6, 6.07) is 0. The van der Waals surface area contributed by atoms with Crippen molar-refractivity contribution in [1.29, 1.82) is 0 Å². The summed E-state index contributed by atoms with van der Waals surface area (Å²) in [5.41, 5.74) is 0. The maximum atomic E-state index is 8.11. The van der Waals surface area contributed by atoms with E-state index in [1.807, 2.05) is 13.8 Å². The van der Waals surface area contributed by atoms with Gasteiger partial charge in [-0.15, -0.1) is 0 Å². The van der Waals surface area contributed by atoms with Gasteiger partial charge in [0.15, 0.2) is 12.6 Å². The average Bonchev–Trinajstić information content (AvgIpc) is 1.87. The maximum Gasteiger partial charge on any atom is 0.151 e. The fourth-order valence-electron chi connectivity index (χ4n) is 0.516. The van der Waals surface area contributed by atoms with Gasteiger partial charge in [0.25, 0.3) is 0 Å². The molecule has 0 aromatic rings. The molecular weight excluding hydrogens is 160 g/mol. The third kappa shape index (κ3) is 22.5. The van der Waals surface area contributed by atoms with Crippen molar-refractivity contribution in [1.82, 2.24) is 0 Å². The number of hydrogen-bond donors (Lipinski definition) is 4. The predicted octanol–water partition coefficient (Wildman–Crippen LogP) is 0.194. The van der Waals surface area contributed by atoms with Crippen LogP contribution >= 0.6 is 0 Å². The summed E-state index contributed by atoms with van der Waals surface area (Å²) >= 11 is 0. The summed E-state index contributed by atoms with van der Waals surface area (Å²) in [7, 11) is 0. The molecule has 4 N–H and O–H groups in total. The molecule has 0 fully saturated rings. The predicted molar refractivity (Wildman–Crippen MR) is 46.3 cm³/mol. The molecule has 4 nitrogen and oxygen atoms in total. The SMILES string of the molecule is CCCC(O)O.CCCC(O)O. The molecular formula is C8H20O4. The zero-order chi connectivity index (χ0) is 9.98. The van der Waals surface area contributed by atoms with Crippen molar-refractivity contribution in [2.75, 3.05) is 0 Å². The van der Waals surface area contributed by atoms with Crippen molar-refractivity contribution in [3.63, 3.8) is 0 Å². The van der Waals surface area contributed by atoms with Crippen molar-refractivity contribution in [3.05, 3.63) is 0 Å². The van der Waals surface area contributed by atoms with Gasteiger partial charge >= 0.3 is 0 Å². The highest BCUT2D eigenvalue weighted by molar-refractivity contribution is 4.31. The Morgan fingerprint density at radius 3 is 1.00 bits per heavy atom. The number of aliphatic hydroxyl groups is 4. The summed E-state index contributed by atoms with van der Waals surface area (Å²) in [5, 5.41) is 32.4. The van der Waals surface area contributed by atoms with Gasteiger partial charge in [0.05, 0.1) is 0 Å². The van der Waals surface area contributed by atoms with E-state index in [-0.39, 0.29) is 0 Å². The Kier molecular flexibility index (Phi) is 13.0. The van der Waals surface area contributed by atoms with E-state index in [1.165, 1.54) is 0 Å². The summed E-state index contributed by atoms with van der Waals surface area (Å²) in [5.74, 6) is 0. The van der Waals surface area contributed by atoms with Crippen LogP contribution < -0.4 is 0 Å². The van der Waals surface area contributed by atoms with Gasteiger partial charge in [-0.3, -0.25) is 0 Å². The highest BCUT2D eigenvalue weighted by Crippen LogP contribution is 1.88. The van der Waals surface area contributed by atoms with Crippen molar-refractivity contribution in [2.24, 2.45) is 0 Å². The molecule has 0 aromatic carbocycles. The third-order valence-electron chi connectivity index (χ3n) is 1.09. The van der Waals surface area contributed by atoms with E-state index in [2.05, 4.69) is 0 Å². The van der Waals surface area contributed by atoms with Crippen molar-refractivity contribution >= 4 is 0 Å². The van der Waals surface area contributed by atoms with Crippen LogP contribution in [0.1, 0.15) is 39.5 Å². The largest absolute Gasteiger partial charge is 0.368 e. The van der Waals surface area contributed by atoms with Crippen LogP contribution in [0, 0.1) is 0 Å². The first-order valence-electron chi connectivity index (χ1n) is 4.26. The van der Waals surface area contributed by atoms with Crippen molar-refractivity contribution in [2.45, 2.75) is 52.1 Å². The normalized spacial score (nSPS) is 10.0. The Hall–Kier alpha value is -0.160. The molecule has 0 atom stereocenters. The zero-order valence-electron chi connectivity index (χ0n) is 7.77. The minimum Gasteiger partial charge on any atom is -0.368 e. The van der Waals surface area contributed by atoms with E-state index < -0.39 is 12.6 Å². The van der Waals surface area contributed by atoms with E-state index in [9.17, 15) is 0 Å². The molecule has 0 bridgehead atoms. The van der Waals surface area contributed by atoms with Gasteiger partial charge in [-0.25, -0.2) is 0 Å². The zero-order valence-corrected chi connectivity index (χ0v) is 7.77. The lowest BCUT2D eigenvalue weighted by Gasteiger charge is -1.94. The Balaban J connectivity index is 0. The van der Waals surface area contributed by atoms with Crippen LogP contribution in [0.3, 0.4) is 0 Å².